The third kappa shape index (κ3) is 2.15. The summed E-state index contributed by atoms with van der Waals surface area (Å²) in [5.41, 5.74) is 0.330. The fourth-order valence-corrected chi connectivity index (χ4v) is 2.78. The maximum atomic E-state index is 12.6. The van der Waals surface area contributed by atoms with E-state index in [0.29, 0.717) is 0 Å². The monoisotopic (exact) mass is 312 g/mol. The second-order valence-corrected chi connectivity index (χ2v) is 5.22. The number of carbonyl (C=O) groups is 3. The Morgan fingerprint density at radius 2 is 1.55 bits per heavy atom. The largest absolute Gasteiger partial charge is 0.408 e. The summed E-state index contributed by atoms with van der Waals surface area (Å²) in [4.78, 5) is 37.1. The number of halogens is 3. The molecule has 1 aromatic carbocycles. The minimum Gasteiger partial charge on any atom is -0.343 e. The van der Waals surface area contributed by atoms with Crippen LogP contribution in [-0.4, -0.2) is 40.9 Å². The van der Waals surface area contributed by atoms with E-state index >= 15 is 0 Å². The molecule has 0 bridgehead atoms. The zero-order chi connectivity index (χ0) is 16.1. The third-order valence-corrected chi connectivity index (χ3v) is 3.88. The highest BCUT2D eigenvalue weighted by molar-refractivity contribution is 6.22. The van der Waals surface area contributed by atoms with Gasteiger partial charge in [0.05, 0.1) is 11.1 Å². The Bertz CT molecular complexity index is 637. The molecule has 2 aliphatic rings. The van der Waals surface area contributed by atoms with Crippen LogP contribution in [0.5, 0.6) is 0 Å². The summed E-state index contributed by atoms with van der Waals surface area (Å²) in [6.45, 7) is 0. The van der Waals surface area contributed by atoms with E-state index in [4.69, 9.17) is 0 Å². The number of fused-ring (bicyclic) bond motifs is 1. The van der Waals surface area contributed by atoms with E-state index in [2.05, 4.69) is 0 Å². The Balaban J connectivity index is 1.84. The molecule has 3 amide bonds. The van der Waals surface area contributed by atoms with Gasteiger partial charge in [0.2, 0.25) is 5.91 Å². The van der Waals surface area contributed by atoms with Crippen molar-refractivity contribution in [1.82, 2.24) is 10.2 Å². The lowest BCUT2D eigenvalue weighted by molar-refractivity contribution is -0.169. The van der Waals surface area contributed by atoms with Gasteiger partial charge in [-0.2, -0.15) is 13.2 Å². The molecule has 0 aromatic heterocycles. The maximum absolute atomic E-state index is 12.6. The number of piperidine rings is 1. The van der Waals surface area contributed by atoms with Crippen molar-refractivity contribution < 1.29 is 27.6 Å². The quantitative estimate of drug-likeness (QED) is 0.799. The van der Waals surface area contributed by atoms with Gasteiger partial charge in [0.15, 0.2) is 0 Å². The van der Waals surface area contributed by atoms with E-state index in [-0.39, 0.29) is 24.0 Å². The lowest BCUT2D eigenvalue weighted by atomic mass is 9.98. The molecule has 5 nitrogen and oxygen atoms in total. The van der Waals surface area contributed by atoms with Crippen molar-refractivity contribution >= 4 is 17.7 Å². The predicted octanol–water partition coefficient (Wildman–Crippen LogP) is 1.49. The number of alkyl halides is 3. The number of rotatable bonds is 1. The molecular weight excluding hydrogens is 301 g/mol. The molecule has 116 valence electrons. The first kappa shape index (κ1) is 14.6. The van der Waals surface area contributed by atoms with Gasteiger partial charge < -0.3 is 5.32 Å². The summed E-state index contributed by atoms with van der Waals surface area (Å²) >= 11 is 0. The van der Waals surface area contributed by atoms with Gasteiger partial charge in [-0.05, 0) is 25.0 Å². The Morgan fingerprint density at radius 3 is 2.00 bits per heavy atom. The predicted molar refractivity (Wildman–Crippen MR) is 67.9 cm³/mol. The van der Waals surface area contributed by atoms with Crippen LogP contribution in [0.3, 0.4) is 0 Å². The fraction of sp³-hybridized carbons (Fsp3) is 0.357. The van der Waals surface area contributed by atoms with Gasteiger partial charge in [0.1, 0.15) is 12.1 Å². The number of hydrogen-bond donors (Lipinski definition) is 1. The Morgan fingerprint density at radius 1 is 1.00 bits per heavy atom. The van der Waals surface area contributed by atoms with Gasteiger partial charge in [0.25, 0.3) is 11.8 Å². The molecule has 8 heteroatoms. The first-order chi connectivity index (χ1) is 10.3. The Kier molecular flexibility index (Phi) is 3.19. The summed E-state index contributed by atoms with van der Waals surface area (Å²) in [5.74, 6) is -2.25. The zero-order valence-corrected chi connectivity index (χ0v) is 11.2. The van der Waals surface area contributed by atoms with Gasteiger partial charge in [-0.3, -0.25) is 19.3 Å². The molecule has 3 rings (SSSR count). The molecule has 1 saturated heterocycles. The fourth-order valence-electron chi connectivity index (χ4n) is 2.78. The van der Waals surface area contributed by atoms with E-state index in [0.717, 1.165) is 4.90 Å². The van der Waals surface area contributed by atoms with Crippen LogP contribution in [0.1, 0.15) is 33.6 Å². The van der Waals surface area contributed by atoms with Gasteiger partial charge in [-0.25, -0.2) is 0 Å². The van der Waals surface area contributed by atoms with Crippen molar-refractivity contribution in [3.63, 3.8) is 0 Å². The summed E-state index contributed by atoms with van der Waals surface area (Å²) < 4.78 is 37.9. The van der Waals surface area contributed by atoms with Crippen LogP contribution in [0.2, 0.25) is 0 Å². The van der Waals surface area contributed by atoms with Crippen LogP contribution >= 0.6 is 0 Å². The molecule has 2 atom stereocenters. The van der Waals surface area contributed by atoms with Gasteiger partial charge in [-0.15, -0.1) is 0 Å². The number of nitrogens with one attached hydrogen (secondary N) is 1. The van der Waals surface area contributed by atoms with E-state index in [1.165, 1.54) is 12.1 Å². The van der Waals surface area contributed by atoms with Crippen LogP contribution in [0, 0.1) is 0 Å². The Labute approximate surface area is 123 Å². The van der Waals surface area contributed by atoms with Crippen molar-refractivity contribution in [2.24, 2.45) is 0 Å². The maximum Gasteiger partial charge on any atom is 0.408 e. The lowest BCUT2D eigenvalue weighted by Gasteiger charge is -2.34. The van der Waals surface area contributed by atoms with Gasteiger partial charge in [-0.1, -0.05) is 12.1 Å². The molecule has 2 heterocycles. The van der Waals surface area contributed by atoms with Crippen molar-refractivity contribution in [2.75, 3.05) is 0 Å². The number of carbonyl (C=O) groups excluding carboxylic acids is 3. The van der Waals surface area contributed by atoms with Crippen molar-refractivity contribution in [1.29, 1.82) is 0 Å². The highest BCUT2D eigenvalue weighted by Crippen LogP contribution is 2.31. The summed E-state index contributed by atoms with van der Waals surface area (Å²) in [7, 11) is 0. The molecule has 22 heavy (non-hydrogen) atoms. The number of benzene rings is 1. The number of imide groups is 1. The second kappa shape index (κ2) is 4.82. The van der Waals surface area contributed by atoms with Gasteiger partial charge >= 0.3 is 6.18 Å². The minimum atomic E-state index is -4.54. The molecule has 1 fully saturated rings. The van der Waals surface area contributed by atoms with Crippen molar-refractivity contribution in [2.45, 2.75) is 31.1 Å². The lowest BCUT2D eigenvalue weighted by Crippen LogP contribution is -2.59. The van der Waals surface area contributed by atoms with Crippen LogP contribution in [0.15, 0.2) is 24.3 Å². The molecule has 0 saturated carbocycles. The van der Waals surface area contributed by atoms with Gasteiger partial charge in [0, 0.05) is 0 Å². The van der Waals surface area contributed by atoms with Crippen LogP contribution in [0.25, 0.3) is 0 Å². The molecule has 1 aromatic rings. The molecule has 0 aliphatic carbocycles. The first-order valence-electron chi connectivity index (χ1n) is 6.64. The molecule has 0 unspecified atom stereocenters. The molecule has 0 radical (unpaired) electrons. The smallest absolute Gasteiger partial charge is 0.343 e. The van der Waals surface area contributed by atoms with Crippen molar-refractivity contribution in [3.8, 4) is 0 Å². The molecule has 1 N–H and O–H groups in total. The highest BCUT2D eigenvalue weighted by atomic mass is 19.4. The van der Waals surface area contributed by atoms with Crippen LogP contribution in [0.4, 0.5) is 13.2 Å². The zero-order valence-electron chi connectivity index (χ0n) is 11.2. The second-order valence-electron chi connectivity index (χ2n) is 5.22. The number of amides is 3. The van der Waals surface area contributed by atoms with Crippen LogP contribution in [-0.2, 0) is 4.79 Å². The SMILES string of the molecule is O=C1N[C@@H](C(F)(F)F)CC[C@H]1N1C(=O)c2ccccc2C1=O. The molecule has 2 aliphatic heterocycles. The summed E-state index contributed by atoms with van der Waals surface area (Å²) in [6.07, 6.45) is -5.11. The minimum absolute atomic E-state index is 0.165. The highest BCUT2D eigenvalue weighted by Gasteiger charge is 2.49. The normalized spacial score (nSPS) is 25.2. The average Bonchev–Trinajstić information content (AvgIpc) is 2.71. The van der Waals surface area contributed by atoms with E-state index in [1.54, 1.807) is 12.1 Å². The standard InChI is InChI=1S/C14H11F3N2O3/c15-14(16,17)10-6-5-9(11(20)18-10)19-12(21)7-3-1-2-4-8(7)13(19)22/h1-4,9-10H,5-6H2,(H,18,20)/t9-,10-/m1/s1. The Hall–Kier alpha value is -2.38. The average molecular weight is 312 g/mol. The van der Waals surface area contributed by atoms with Crippen molar-refractivity contribution in [3.05, 3.63) is 35.4 Å². The third-order valence-electron chi connectivity index (χ3n) is 3.88. The van der Waals surface area contributed by atoms with E-state index in [1.807, 2.05) is 5.32 Å². The number of nitrogens with zero attached hydrogens (tertiary/aromatic N) is 1. The van der Waals surface area contributed by atoms with E-state index < -0.39 is 36.0 Å². The number of hydrogen-bond acceptors (Lipinski definition) is 3. The topological polar surface area (TPSA) is 66.5 Å². The van der Waals surface area contributed by atoms with E-state index in [9.17, 15) is 27.6 Å². The first-order valence-corrected chi connectivity index (χ1v) is 6.64. The molecule has 0 spiro atoms. The summed E-state index contributed by atoms with van der Waals surface area (Å²) in [6, 6.07) is 2.92. The molecular formula is C14H11F3N2O3. The van der Waals surface area contributed by atoms with Crippen LogP contribution < -0.4 is 5.32 Å². The summed E-state index contributed by atoms with van der Waals surface area (Å²) in [5, 5.41) is 1.84.